The molecule has 3 amide bonds. The van der Waals surface area contributed by atoms with Crippen LogP contribution in [-0.2, 0) is 14.8 Å². The molecule has 3 aromatic carbocycles. The fourth-order valence-electron chi connectivity index (χ4n) is 5.36. The Morgan fingerprint density at radius 3 is 2.38 bits per heavy atom. The lowest BCUT2D eigenvalue weighted by atomic mass is 10.0. The van der Waals surface area contributed by atoms with E-state index in [0.29, 0.717) is 24.5 Å². The summed E-state index contributed by atoms with van der Waals surface area (Å²) in [4.78, 5) is 30.6. The van der Waals surface area contributed by atoms with Gasteiger partial charge in [0.15, 0.2) is 0 Å². The first kappa shape index (κ1) is 35.7. The Balaban J connectivity index is 1.63. The van der Waals surface area contributed by atoms with E-state index in [0.717, 1.165) is 12.8 Å². The van der Waals surface area contributed by atoms with Gasteiger partial charge in [-0.05, 0) is 75.6 Å². The van der Waals surface area contributed by atoms with Crippen molar-refractivity contribution < 1.29 is 32.6 Å². The van der Waals surface area contributed by atoms with Crippen LogP contribution in [0.5, 0.6) is 5.75 Å². The van der Waals surface area contributed by atoms with Crippen LogP contribution in [0.4, 0.5) is 16.2 Å². The zero-order valence-electron chi connectivity index (χ0n) is 27.5. The Morgan fingerprint density at radius 1 is 1.02 bits per heavy atom. The summed E-state index contributed by atoms with van der Waals surface area (Å²) in [6.07, 6.45) is 1.65. The van der Waals surface area contributed by atoms with E-state index in [1.165, 1.54) is 18.2 Å². The molecule has 11 nitrogen and oxygen atoms in total. The number of ether oxygens (including phenoxy) is 2. The summed E-state index contributed by atoms with van der Waals surface area (Å²) >= 11 is 0. The summed E-state index contributed by atoms with van der Waals surface area (Å²) in [6.45, 7) is 6.27. The summed E-state index contributed by atoms with van der Waals surface area (Å²) < 4.78 is 41.4. The number of urea groups is 1. The lowest BCUT2D eigenvalue weighted by Crippen LogP contribution is -2.48. The van der Waals surface area contributed by atoms with Gasteiger partial charge in [-0.2, -0.15) is 0 Å². The molecule has 0 radical (unpaired) electrons. The molecule has 0 fully saturated rings. The molecule has 254 valence electrons. The maximum atomic E-state index is 14.3. The Morgan fingerprint density at radius 2 is 1.70 bits per heavy atom. The van der Waals surface area contributed by atoms with Crippen LogP contribution in [0.25, 0.3) is 0 Å². The van der Waals surface area contributed by atoms with Crippen molar-refractivity contribution in [1.82, 2.24) is 9.80 Å². The smallest absolute Gasteiger partial charge is 0.321 e. The lowest BCUT2D eigenvalue weighted by Gasteiger charge is -2.35. The number of hydrogen-bond acceptors (Lipinski definition) is 7. The van der Waals surface area contributed by atoms with Gasteiger partial charge in [-0.3, -0.25) is 9.52 Å². The summed E-state index contributed by atoms with van der Waals surface area (Å²) in [5.41, 5.74) is 1.06. The molecule has 0 saturated carbocycles. The highest BCUT2D eigenvalue weighted by Crippen LogP contribution is 2.29. The number of hydrogen-bond donors (Lipinski definition) is 3. The van der Waals surface area contributed by atoms with Crippen LogP contribution in [0.2, 0.25) is 0 Å². The van der Waals surface area contributed by atoms with Crippen LogP contribution in [0, 0.1) is 5.92 Å². The van der Waals surface area contributed by atoms with Crippen LogP contribution in [0.3, 0.4) is 0 Å². The van der Waals surface area contributed by atoms with Gasteiger partial charge in [0.2, 0.25) is 0 Å². The van der Waals surface area contributed by atoms with E-state index < -0.39 is 28.1 Å². The highest BCUT2D eigenvalue weighted by atomic mass is 32.2. The van der Waals surface area contributed by atoms with Gasteiger partial charge >= 0.3 is 6.03 Å². The fourth-order valence-corrected chi connectivity index (χ4v) is 6.43. The minimum atomic E-state index is -3.92. The zero-order valence-corrected chi connectivity index (χ0v) is 28.3. The Hall–Kier alpha value is -4.13. The van der Waals surface area contributed by atoms with E-state index in [4.69, 9.17) is 9.47 Å². The minimum Gasteiger partial charge on any atom is -0.490 e. The van der Waals surface area contributed by atoms with Crippen molar-refractivity contribution in [3.63, 3.8) is 0 Å². The van der Waals surface area contributed by atoms with Gasteiger partial charge in [-0.1, -0.05) is 43.3 Å². The first-order chi connectivity index (χ1) is 22.5. The molecule has 1 aliphatic heterocycles. The summed E-state index contributed by atoms with van der Waals surface area (Å²) in [6, 6.07) is 21.0. The van der Waals surface area contributed by atoms with Gasteiger partial charge in [0.25, 0.3) is 15.9 Å². The number of nitrogens with zero attached hydrogens (tertiary/aromatic N) is 2. The predicted molar refractivity (Wildman–Crippen MR) is 182 cm³/mol. The number of anilines is 2. The molecule has 0 aliphatic carbocycles. The highest BCUT2D eigenvalue weighted by Gasteiger charge is 2.31. The molecular formula is C35H46N4O7S. The zero-order chi connectivity index (χ0) is 34.0. The average Bonchev–Trinajstić information content (AvgIpc) is 3.06. The molecule has 0 aromatic heterocycles. The SMILES string of the molecule is C[C@@H]1CN([C@H](C)CO)C(=O)c2cc(NS(=O)(=O)c3ccccc3)ccc2O[C@@H](C)CCCCO[C@H]1CN(C)C(=O)Nc1ccccc1. The predicted octanol–water partition coefficient (Wildman–Crippen LogP) is 5.45. The number of para-hydroxylation sites is 1. The monoisotopic (exact) mass is 666 g/mol. The van der Waals surface area contributed by atoms with Gasteiger partial charge in [0.1, 0.15) is 5.75 Å². The highest BCUT2D eigenvalue weighted by molar-refractivity contribution is 7.92. The number of carbonyl (C=O) groups excluding carboxylic acids is 2. The number of aliphatic hydroxyl groups excluding tert-OH is 1. The van der Waals surface area contributed by atoms with E-state index in [-0.39, 0.29) is 53.9 Å². The molecule has 12 heteroatoms. The summed E-state index contributed by atoms with van der Waals surface area (Å²) in [5, 5.41) is 13.1. The molecule has 3 aromatic rings. The van der Waals surface area contributed by atoms with Gasteiger partial charge in [0.05, 0.1) is 35.3 Å². The largest absolute Gasteiger partial charge is 0.490 e. The van der Waals surface area contributed by atoms with E-state index in [1.54, 1.807) is 54.1 Å². The van der Waals surface area contributed by atoms with Crippen LogP contribution < -0.4 is 14.8 Å². The minimum absolute atomic E-state index is 0.0918. The quantitative estimate of drug-likeness (QED) is 0.291. The summed E-state index contributed by atoms with van der Waals surface area (Å²) in [5.74, 6) is -0.339. The van der Waals surface area contributed by atoms with Crippen molar-refractivity contribution in [2.24, 2.45) is 5.92 Å². The first-order valence-electron chi connectivity index (χ1n) is 16.0. The lowest BCUT2D eigenvalue weighted by molar-refractivity contribution is -0.0115. The van der Waals surface area contributed by atoms with Crippen LogP contribution in [-0.4, -0.2) is 86.9 Å². The number of nitrogens with one attached hydrogen (secondary N) is 2. The molecule has 0 spiro atoms. The third kappa shape index (κ3) is 9.93. The molecule has 0 saturated heterocycles. The van der Waals surface area contributed by atoms with Gasteiger partial charge in [0, 0.05) is 44.0 Å². The van der Waals surface area contributed by atoms with Gasteiger partial charge in [-0.15, -0.1) is 0 Å². The molecule has 4 atom stereocenters. The Bertz CT molecular complexity index is 1570. The maximum absolute atomic E-state index is 14.3. The molecular weight excluding hydrogens is 620 g/mol. The molecule has 1 heterocycles. The van der Waals surface area contributed by atoms with Crippen molar-refractivity contribution in [2.45, 2.75) is 63.2 Å². The third-order valence-electron chi connectivity index (χ3n) is 8.18. The molecule has 1 aliphatic rings. The van der Waals surface area contributed by atoms with Gasteiger partial charge in [-0.25, -0.2) is 13.2 Å². The normalized spacial score (nSPS) is 20.2. The number of carbonyl (C=O) groups is 2. The van der Waals surface area contributed by atoms with Crippen LogP contribution in [0.1, 0.15) is 50.4 Å². The molecule has 47 heavy (non-hydrogen) atoms. The van der Waals surface area contributed by atoms with Crippen LogP contribution >= 0.6 is 0 Å². The first-order valence-corrected chi connectivity index (χ1v) is 17.5. The van der Waals surface area contributed by atoms with E-state index in [1.807, 2.05) is 44.2 Å². The number of rotatable bonds is 8. The number of amides is 3. The Labute approximate surface area is 277 Å². The molecule has 4 rings (SSSR count). The van der Waals surface area contributed by atoms with Gasteiger partial charge < -0.3 is 29.7 Å². The van der Waals surface area contributed by atoms with Crippen molar-refractivity contribution in [1.29, 1.82) is 0 Å². The number of aliphatic hydroxyl groups is 1. The third-order valence-corrected chi connectivity index (χ3v) is 9.58. The topological polar surface area (TPSA) is 138 Å². The van der Waals surface area contributed by atoms with E-state index in [9.17, 15) is 23.1 Å². The van der Waals surface area contributed by atoms with Crippen molar-refractivity contribution >= 4 is 33.3 Å². The Kier molecular flexibility index (Phi) is 12.6. The standard InChI is InChI=1S/C35H46N4O7S/c1-25-22-39(26(2)24-40)34(41)31-21-29(37-47(43,44)30-16-9-6-10-17-30)18-19-32(31)46-27(3)13-11-12-20-45-33(25)23-38(4)35(42)36-28-14-7-5-8-15-28/h5-10,14-19,21,25-27,33,37,40H,11-13,20,22-24H2,1-4H3,(H,36,42)/t25-,26-,27+,33+/m1/s1. The molecule has 0 bridgehead atoms. The van der Waals surface area contributed by atoms with E-state index >= 15 is 0 Å². The average molecular weight is 667 g/mol. The number of benzene rings is 3. The number of fused-ring (bicyclic) bond motifs is 1. The van der Waals surface area contributed by atoms with Crippen molar-refractivity contribution in [2.75, 3.05) is 43.4 Å². The van der Waals surface area contributed by atoms with E-state index in [2.05, 4.69) is 10.0 Å². The number of likely N-dealkylation sites (N-methyl/N-ethyl adjacent to an activating group) is 1. The van der Waals surface area contributed by atoms with Crippen molar-refractivity contribution in [3.05, 3.63) is 84.4 Å². The molecule has 0 unspecified atom stereocenters. The van der Waals surface area contributed by atoms with Crippen LogP contribution in [0.15, 0.2) is 83.8 Å². The molecule has 3 N–H and O–H groups in total. The summed E-state index contributed by atoms with van der Waals surface area (Å²) in [7, 11) is -2.22. The second-order valence-electron chi connectivity index (χ2n) is 12.1. The second kappa shape index (κ2) is 16.6. The maximum Gasteiger partial charge on any atom is 0.321 e. The van der Waals surface area contributed by atoms with Crippen molar-refractivity contribution in [3.8, 4) is 5.75 Å². The fraction of sp³-hybridized carbons (Fsp3) is 0.429. The number of sulfonamides is 1. The second-order valence-corrected chi connectivity index (χ2v) is 13.8.